The van der Waals surface area contributed by atoms with Crippen LogP contribution >= 0.6 is 7.52 Å². The van der Waals surface area contributed by atoms with Crippen molar-refractivity contribution in [1.82, 2.24) is 0 Å². The van der Waals surface area contributed by atoms with Gasteiger partial charge in [0.15, 0.2) is 0 Å². The van der Waals surface area contributed by atoms with Crippen LogP contribution in [0.25, 0.3) is 0 Å². The molecular weight excluding hydrogens is 125 g/mol. The average Bonchev–Trinajstić information content (AvgIpc) is 1.87. The third-order valence-electron chi connectivity index (χ3n) is 0.900. The molecule has 0 aromatic rings. The molecule has 0 radical (unpaired) electrons. The van der Waals surface area contributed by atoms with E-state index in [0.717, 1.165) is 0 Å². The van der Waals surface area contributed by atoms with E-state index in [2.05, 4.69) is 16.0 Å². The van der Waals surface area contributed by atoms with E-state index in [-0.39, 0.29) is 0 Å². The van der Waals surface area contributed by atoms with Gasteiger partial charge in [0.05, 0.1) is 0 Å². The molecule has 0 N–H and O–H groups in total. The highest BCUT2D eigenvalue weighted by molar-refractivity contribution is 7.57. The predicted octanol–water partition coefficient (Wildman–Crippen LogP) is 1.55. The minimum absolute atomic E-state index is 0.424. The van der Waals surface area contributed by atoms with Crippen molar-refractivity contribution in [2.75, 3.05) is 13.3 Å². The molecule has 3 nitrogen and oxygen atoms in total. The highest BCUT2D eigenvalue weighted by Gasteiger charge is 2.13. The van der Waals surface area contributed by atoms with E-state index in [1.54, 1.807) is 6.92 Å². The summed E-state index contributed by atoms with van der Waals surface area (Å²) >= 11 is 0. The zero-order valence-electron chi connectivity index (χ0n) is 5.13. The van der Waals surface area contributed by atoms with Crippen molar-refractivity contribution < 1.29 is 9.09 Å². The summed E-state index contributed by atoms with van der Waals surface area (Å²) in [5, 5.41) is 0. The summed E-state index contributed by atoms with van der Waals surface area (Å²) in [5.41, 5.74) is 0. The summed E-state index contributed by atoms with van der Waals surface area (Å²) in [6.45, 7) is 4.89. The molecule has 48 valence electrons. The summed E-state index contributed by atoms with van der Waals surface area (Å²) in [7, 11) is -1.27. The van der Waals surface area contributed by atoms with Crippen LogP contribution < -0.4 is 0 Å². The second-order valence-electron chi connectivity index (χ2n) is 1.28. The van der Waals surface area contributed by atoms with Crippen molar-refractivity contribution in [3.05, 3.63) is 0 Å². The highest BCUT2D eigenvalue weighted by atomic mass is 31.2. The van der Waals surface area contributed by atoms with Crippen LogP contribution in [0.5, 0.6) is 0 Å². The quantitative estimate of drug-likeness (QED) is 0.435. The minimum Gasteiger partial charge on any atom is -0.316 e. The Morgan fingerprint density at radius 1 is 1.88 bits per heavy atom. The molecule has 0 aliphatic rings. The Kier molecular flexibility index (Phi) is 2.95. The Morgan fingerprint density at radius 2 is 2.38 bits per heavy atom. The Morgan fingerprint density at radius 3 is 2.38 bits per heavy atom. The molecule has 0 saturated carbocycles. The first kappa shape index (κ1) is 7.86. The van der Waals surface area contributed by atoms with E-state index in [1.807, 2.05) is 0 Å². The Hall–Kier alpha value is -0.140. The van der Waals surface area contributed by atoms with Crippen LogP contribution in [0.1, 0.15) is 6.92 Å². The largest absolute Gasteiger partial charge is 0.316 e. The molecule has 8 heavy (non-hydrogen) atoms. The number of hydrogen-bond acceptors (Lipinski definition) is 2. The van der Waals surface area contributed by atoms with E-state index >= 15 is 0 Å². The standard InChI is InChI=1S/C4H10NO2P/c1-4-8(6,5-2)7-3/h2,4H2,1,3H3. The normalized spacial score (nSPS) is 17.2. The van der Waals surface area contributed by atoms with Crippen LogP contribution in [-0.4, -0.2) is 20.0 Å². The SMILES string of the molecule is C=NP(=O)(CC)OC. The smallest absolute Gasteiger partial charge is 0.313 e. The summed E-state index contributed by atoms with van der Waals surface area (Å²) in [5.74, 6) is 0. The van der Waals surface area contributed by atoms with Gasteiger partial charge in [0.1, 0.15) is 0 Å². The average molecular weight is 135 g/mol. The molecule has 0 bridgehead atoms. The van der Waals surface area contributed by atoms with Crippen molar-refractivity contribution in [3.8, 4) is 0 Å². The fraction of sp³-hybridized carbons (Fsp3) is 0.750. The second-order valence-corrected chi connectivity index (χ2v) is 3.83. The maximum absolute atomic E-state index is 10.9. The minimum atomic E-state index is -2.65. The number of rotatable bonds is 3. The summed E-state index contributed by atoms with van der Waals surface area (Å²) < 4.78 is 18.8. The monoisotopic (exact) mass is 135 g/mol. The molecule has 0 rings (SSSR count). The van der Waals surface area contributed by atoms with Crippen LogP contribution in [-0.2, 0) is 9.09 Å². The molecular formula is C4H10NO2P. The molecule has 0 spiro atoms. The molecule has 0 aliphatic heterocycles. The molecule has 1 unspecified atom stereocenters. The number of hydrogen-bond donors (Lipinski definition) is 0. The fourth-order valence-corrected chi connectivity index (χ4v) is 0.861. The van der Waals surface area contributed by atoms with E-state index in [4.69, 9.17) is 0 Å². The lowest BCUT2D eigenvalue weighted by atomic mass is 11.0. The van der Waals surface area contributed by atoms with E-state index < -0.39 is 7.52 Å². The Bertz CT molecular complexity index is 115. The maximum Gasteiger partial charge on any atom is 0.313 e. The van der Waals surface area contributed by atoms with Crippen LogP contribution in [0, 0.1) is 0 Å². The second kappa shape index (κ2) is 3.00. The van der Waals surface area contributed by atoms with Crippen molar-refractivity contribution in [1.29, 1.82) is 0 Å². The van der Waals surface area contributed by atoms with Gasteiger partial charge in [0, 0.05) is 13.3 Å². The van der Waals surface area contributed by atoms with Crippen molar-refractivity contribution in [3.63, 3.8) is 0 Å². The summed E-state index contributed by atoms with van der Waals surface area (Å²) in [6, 6.07) is 0. The maximum atomic E-state index is 10.9. The zero-order valence-corrected chi connectivity index (χ0v) is 6.02. The van der Waals surface area contributed by atoms with E-state index in [1.165, 1.54) is 7.11 Å². The van der Waals surface area contributed by atoms with Gasteiger partial charge < -0.3 is 4.52 Å². The van der Waals surface area contributed by atoms with Gasteiger partial charge in [-0.25, -0.2) is 4.76 Å². The van der Waals surface area contributed by atoms with Gasteiger partial charge in [-0.1, -0.05) is 6.92 Å². The van der Waals surface area contributed by atoms with Crippen LogP contribution in [0.4, 0.5) is 0 Å². The first-order valence-corrected chi connectivity index (χ1v) is 4.08. The molecule has 0 aliphatic carbocycles. The van der Waals surface area contributed by atoms with E-state index in [9.17, 15) is 4.57 Å². The highest BCUT2D eigenvalue weighted by Crippen LogP contribution is 2.45. The third-order valence-corrected chi connectivity index (χ3v) is 2.70. The Labute approximate surface area is 49.3 Å². The van der Waals surface area contributed by atoms with Crippen molar-refractivity contribution in [2.24, 2.45) is 4.76 Å². The first-order chi connectivity index (χ1) is 3.68. The third kappa shape index (κ3) is 1.76. The topological polar surface area (TPSA) is 38.7 Å². The van der Waals surface area contributed by atoms with Gasteiger partial charge in [0.25, 0.3) is 0 Å². The van der Waals surface area contributed by atoms with Gasteiger partial charge in [-0.3, -0.25) is 4.57 Å². The lowest BCUT2D eigenvalue weighted by Gasteiger charge is -2.04. The molecule has 0 fully saturated rings. The molecule has 0 aromatic carbocycles. The van der Waals surface area contributed by atoms with Crippen LogP contribution in [0.15, 0.2) is 4.76 Å². The molecule has 0 saturated heterocycles. The molecule has 1 atom stereocenters. The van der Waals surface area contributed by atoms with Crippen molar-refractivity contribution >= 4 is 14.2 Å². The molecule has 0 amide bonds. The van der Waals surface area contributed by atoms with Gasteiger partial charge in [-0.15, -0.1) is 0 Å². The zero-order chi connectivity index (χ0) is 6.62. The first-order valence-electron chi connectivity index (χ1n) is 2.31. The lowest BCUT2D eigenvalue weighted by Crippen LogP contribution is -1.82. The molecule has 4 heteroatoms. The molecule has 0 aromatic heterocycles. The summed E-state index contributed by atoms with van der Waals surface area (Å²) in [4.78, 5) is 0. The Balaban J connectivity index is 3.99. The van der Waals surface area contributed by atoms with Crippen LogP contribution in [0.2, 0.25) is 0 Å². The van der Waals surface area contributed by atoms with Gasteiger partial charge in [0.2, 0.25) is 0 Å². The van der Waals surface area contributed by atoms with E-state index in [0.29, 0.717) is 6.16 Å². The van der Waals surface area contributed by atoms with Gasteiger partial charge >= 0.3 is 7.52 Å². The lowest BCUT2D eigenvalue weighted by molar-refractivity contribution is 0.396. The van der Waals surface area contributed by atoms with Gasteiger partial charge in [-0.05, 0) is 6.72 Å². The summed E-state index contributed by atoms with van der Waals surface area (Å²) in [6.07, 6.45) is 0.424. The van der Waals surface area contributed by atoms with Gasteiger partial charge in [-0.2, -0.15) is 0 Å². The number of nitrogens with zero attached hydrogens (tertiary/aromatic N) is 1. The molecule has 0 heterocycles. The predicted molar refractivity (Wildman–Crippen MR) is 34.7 cm³/mol. The van der Waals surface area contributed by atoms with Crippen LogP contribution in [0.3, 0.4) is 0 Å². The van der Waals surface area contributed by atoms with Crippen molar-refractivity contribution in [2.45, 2.75) is 6.92 Å². The fourth-order valence-electron chi connectivity index (χ4n) is 0.287.